The normalized spacial score (nSPS) is 18.3. The SMILES string of the molecule is Cc1cc(C2CCN(S(=O)(=O)C3(C(=O)O)CCOCC3)CC2)ccc1-c1cccc(OCCNC(=O)OC(C)(C)C)c1. The first-order chi connectivity index (χ1) is 19.8. The number of carboxylic acids is 1. The molecule has 11 heteroatoms. The number of piperidine rings is 1. The summed E-state index contributed by atoms with van der Waals surface area (Å²) in [6.45, 7) is 8.97. The van der Waals surface area contributed by atoms with Gasteiger partial charge in [-0.2, -0.15) is 0 Å². The topological polar surface area (TPSA) is 131 Å². The molecule has 0 aliphatic carbocycles. The molecular weight excluding hydrogens is 560 g/mol. The van der Waals surface area contributed by atoms with Crippen molar-refractivity contribution >= 4 is 22.1 Å². The molecule has 10 nitrogen and oxygen atoms in total. The molecule has 2 aliphatic rings. The van der Waals surface area contributed by atoms with E-state index in [4.69, 9.17) is 14.2 Å². The van der Waals surface area contributed by atoms with Crippen molar-refractivity contribution < 1.29 is 37.3 Å². The van der Waals surface area contributed by atoms with Gasteiger partial charge in [-0.05, 0) is 80.8 Å². The molecule has 230 valence electrons. The van der Waals surface area contributed by atoms with Crippen molar-refractivity contribution in [1.82, 2.24) is 9.62 Å². The van der Waals surface area contributed by atoms with Gasteiger partial charge in [0, 0.05) is 39.1 Å². The summed E-state index contributed by atoms with van der Waals surface area (Å²) in [5.41, 5.74) is 3.76. The largest absolute Gasteiger partial charge is 0.492 e. The summed E-state index contributed by atoms with van der Waals surface area (Å²) < 4.78 is 42.8. The number of aliphatic carboxylic acids is 1. The van der Waals surface area contributed by atoms with Crippen LogP contribution in [0.5, 0.6) is 5.75 Å². The highest BCUT2D eigenvalue weighted by molar-refractivity contribution is 7.91. The van der Waals surface area contributed by atoms with Crippen LogP contribution in [0, 0.1) is 6.92 Å². The fourth-order valence-corrected chi connectivity index (χ4v) is 7.70. The number of hydrogen-bond acceptors (Lipinski definition) is 7. The highest BCUT2D eigenvalue weighted by Crippen LogP contribution is 2.38. The Bertz CT molecular complexity index is 1370. The predicted octanol–water partition coefficient (Wildman–Crippen LogP) is 4.71. The van der Waals surface area contributed by atoms with E-state index in [1.165, 1.54) is 4.31 Å². The number of alkyl carbamates (subject to hydrolysis) is 1. The number of nitrogens with one attached hydrogen (secondary N) is 1. The second kappa shape index (κ2) is 13.0. The van der Waals surface area contributed by atoms with Gasteiger partial charge in [0.05, 0.1) is 6.54 Å². The predicted molar refractivity (Wildman–Crippen MR) is 159 cm³/mol. The Kier molecular flexibility index (Phi) is 9.84. The number of amides is 1. The van der Waals surface area contributed by atoms with E-state index in [1.807, 2.05) is 45.0 Å². The number of benzene rings is 2. The van der Waals surface area contributed by atoms with Gasteiger partial charge in [-0.3, -0.25) is 4.79 Å². The Morgan fingerprint density at radius 1 is 1.10 bits per heavy atom. The third-order valence-electron chi connectivity index (χ3n) is 7.88. The summed E-state index contributed by atoms with van der Waals surface area (Å²) in [7, 11) is -4.01. The van der Waals surface area contributed by atoms with Crippen LogP contribution in [-0.4, -0.2) is 79.7 Å². The molecule has 0 spiro atoms. The minimum absolute atomic E-state index is 0.0273. The number of aryl methyl sites for hydroxylation is 1. The highest BCUT2D eigenvalue weighted by atomic mass is 32.2. The second-order valence-electron chi connectivity index (χ2n) is 12.0. The Morgan fingerprint density at radius 2 is 1.79 bits per heavy atom. The summed E-state index contributed by atoms with van der Waals surface area (Å²) in [5, 5.41) is 12.6. The van der Waals surface area contributed by atoms with Gasteiger partial charge in [0.2, 0.25) is 10.0 Å². The minimum atomic E-state index is -4.01. The van der Waals surface area contributed by atoms with Crippen LogP contribution >= 0.6 is 0 Å². The molecule has 2 aromatic carbocycles. The first kappa shape index (κ1) is 31.8. The van der Waals surface area contributed by atoms with Crippen molar-refractivity contribution in [2.45, 2.75) is 69.6 Å². The lowest BCUT2D eigenvalue weighted by atomic mass is 9.87. The third kappa shape index (κ3) is 7.25. The zero-order valence-electron chi connectivity index (χ0n) is 24.9. The molecular formula is C31H42N2O8S. The molecule has 2 saturated heterocycles. The zero-order valence-corrected chi connectivity index (χ0v) is 25.7. The van der Waals surface area contributed by atoms with E-state index in [9.17, 15) is 23.1 Å². The van der Waals surface area contributed by atoms with E-state index < -0.39 is 32.4 Å². The zero-order chi connectivity index (χ0) is 30.5. The molecule has 2 aromatic rings. The van der Waals surface area contributed by atoms with Gasteiger partial charge in [-0.25, -0.2) is 17.5 Å². The molecule has 4 rings (SSSR count). The van der Waals surface area contributed by atoms with Crippen LogP contribution in [0.25, 0.3) is 11.1 Å². The maximum atomic E-state index is 13.4. The fraction of sp³-hybridized carbons (Fsp3) is 0.548. The molecule has 0 aromatic heterocycles. The van der Waals surface area contributed by atoms with Crippen LogP contribution in [0.15, 0.2) is 42.5 Å². The van der Waals surface area contributed by atoms with Crippen LogP contribution < -0.4 is 10.1 Å². The molecule has 2 N–H and O–H groups in total. The molecule has 0 saturated carbocycles. The number of rotatable bonds is 9. The smallest absolute Gasteiger partial charge is 0.407 e. The highest BCUT2D eigenvalue weighted by Gasteiger charge is 2.54. The van der Waals surface area contributed by atoms with Gasteiger partial charge >= 0.3 is 12.1 Å². The van der Waals surface area contributed by atoms with Crippen molar-refractivity contribution in [2.75, 3.05) is 39.5 Å². The molecule has 2 aliphatic heterocycles. The lowest BCUT2D eigenvalue weighted by molar-refractivity contribution is -0.142. The van der Waals surface area contributed by atoms with Crippen LogP contribution in [0.3, 0.4) is 0 Å². The lowest BCUT2D eigenvalue weighted by Gasteiger charge is -2.39. The molecule has 0 atom stereocenters. The van der Waals surface area contributed by atoms with E-state index >= 15 is 0 Å². The van der Waals surface area contributed by atoms with Crippen molar-refractivity contribution in [2.24, 2.45) is 0 Å². The number of sulfonamides is 1. The van der Waals surface area contributed by atoms with Crippen LogP contribution in [0.2, 0.25) is 0 Å². The Balaban J connectivity index is 1.36. The minimum Gasteiger partial charge on any atom is -0.492 e. The molecule has 1 amide bonds. The van der Waals surface area contributed by atoms with E-state index in [2.05, 4.69) is 30.4 Å². The van der Waals surface area contributed by atoms with E-state index in [0.717, 1.165) is 22.3 Å². The summed E-state index contributed by atoms with van der Waals surface area (Å²) in [6.07, 6.45) is 0.725. The Labute approximate surface area is 248 Å². The van der Waals surface area contributed by atoms with Gasteiger partial charge in [0.1, 0.15) is 18.0 Å². The van der Waals surface area contributed by atoms with Crippen molar-refractivity contribution in [3.63, 3.8) is 0 Å². The third-order valence-corrected chi connectivity index (χ3v) is 10.5. The van der Waals surface area contributed by atoms with Crippen molar-refractivity contribution in [3.05, 3.63) is 53.6 Å². The summed E-state index contributed by atoms with van der Waals surface area (Å²) in [6, 6.07) is 14.1. The molecule has 0 bridgehead atoms. The maximum Gasteiger partial charge on any atom is 0.407 e. The lowest BCUT2D eigenvalue weighted by Crippen LogP contribution is -2.57. The molecule has 42 heavy (non-hydrogen) atoms. The molecule has 0 unspecified atom stereocenters. The number of carbonyl (C=O) groups excluding carboxylic acids is 1. The van der Waals surface area contributed by atoms with Gasteiger partial charge in [-0.1, -0.05) is 30.3 Å². The van der Waals surface area contributed by atoms with Crippen molar-refractivity contribution in [1.29, 1.82) is 0 Å². The summed E-state index contributed by atoms with van der Waals surface area (Å²) >= 11 is 0. The number of ether oxygens (including phenoxy) is 3. The monoisotopic (exact) mass is 602 g/mol. The quantitative estimate of drug-likeness (QED) is 0.395. The molecule has 0 radical (unpaired) electrons. The average Bonchev–Trinajstić information content (AvgIpc) is 2.95. The van der Waals surface area contributed by atoms with Crippen LogP contribution in [0.4, 0.5) is 4.79 Å². The number of nitrogens with zero attached hydrogens (tertiary/aromatic N) is 1. The maximum absolute atomic E-state index is 13.4. The first-order valence-corrected chi connectivity index (χ1v) is 15.9. The summed E-state index contributed by atoms with van der Waals surface area (Å²) in [4.78, 5) is 23.9. The first-order valence-electron chi connectivity index (χ1n) is 14.4. The van der Waals surface area contributed by atoms with Crippen LogP contribution in [0.1, 0.15) is 63.5 Å². The van der Waals surface area contributed by atoms with E-state index in [0.29, 0.717) is 44.8 Å². The van der Waals surface area contributed by atoms with Gasteiger partial charge in [0.25, 0.3) is 0 Å². The molecule has 2 heterocycles. The van der Waals surface area contributed by atoms with E-state index in [-0.39, 0.29) is 32.0 Å². The van der Waals surface area contributed by atoms with Crippen LogP contribution in [-0.2, 0) is 24.3 Å². The number of hydrogen-bond donors (Lipinski definition) is 2. The van der Waals surface area contributed by atoms with Gasteiger partial charge < -0.3 is 24.6 Å². The second-order valence-corrected chi connectivity index (χ2v) is 14.2. The van der Waals surface area contributed by atoms with Crippen molar-refractivity contribution in [3.8, 4) is 16.9 Å². The fourth-order valence-electron chi connectivity index (χ4n) is 5.61. The Morgan fingerprint density at radius 3 is 2.40 bits per heavy atom. The average molecular weight is 603 g/mol. The Hall–Kier alpha value is -3.15. The van der Waals surface area contributed by atoms with Gasteiger partial charge in [-0.15, -0.1) is 0 Å². The summed E-state index contributed by atoms with van der Waals surface area (Å²) in [5.74, 6) is -0.405. The molecule has 2 fully saturated rings. The van der Waals surface area contributed by atoms with Gasteiger partial charge in [0.15, 0.2) is 4.75 Å². The standard InChI is InChI=1S/C31H42N2O8S/c1-22-20-24(23-10-15-33(16-11-23)42(37,38)31(28(34)35)12-17-39-18-13-31)8-9-27(22)25-6-5-7-26(21-25)40-19-14-32-29(36)41-30(2,3)4/h5-9,20-21,23H,10-19H2,1-4H3,(H,32,36)(H,34,35). The number of carbonyl (C=O) groups is 2. The van der Waals surface area contributed by atoms with E-state index in [1.54, 1.807) is 0 Å². The number of carboxylic acid groups (broad SMARTS) is 1.